The Bertz CT molecular complexity index is 963. The first kappa shape index (κ1) is 16.8. The fourth-order valence-corrected chi connectivity index (χ4v) is 2.81. The van der Waals surface area contributed by atoms with Gasteiger partial charge in [0.1, 0.15) is 5.82 Å². The molecule has 0 saturated carbocycles. The van der Waals surface area contributed by atoms with Gasteiger partial charge in [-0.15, -0.1) is 5.10 Å². The third-order valence-electron chi connectivity index (χ3n) is 3.31. The van der Waals surface area contributed by atoms with Crippen molar-refractivity contribution in [2.75, 3.05) is 7.11 Å². The van der Waals surface area contributed by atoms with E-state index in [0.29, 0.717) is 5.39 Å². The van der Waals surface area contributed by atoms with Crippen molar-refractivity contribution >= 4 is 45.9 Å². The summed E-state index contributed by atoms with van der Waals surface area (Å²) >= 11 is 0.936. The molecule has 1 fully saturated rings. The predicted octanol–water partition coefficient (Wildman–Crippen LogP) is 1.32. The largest absolute Gasteiger partial charge is 0.466 e. The zero-order valence-electron chi connectivity index (χ0n) is 13.2. The summed E-state index contributed by atoms with van der Waals surface area (Å²) in [4.78, 5) is 23.0. The van der Waals surface area contributed by atoms with Gasteiger partial charge in [-0.3, -0.25) is 14.8 Å². The smallest absolute Gasteiger partial charge is 0.331 e. The summed E-state index contributed by atoms with van der Waals surface area (Å²) in [5.41, 5.74) is 0.988. The molecule has 3 rings (SSSR count). The molecule has 1 N–H and O–H groups in total. The van der Waals surface area contributed by atoms with Crippen LogP contribution in [-0.2, 0) is 21.4 Å². The van der Waals surface area contributed by atoms with Crippen molar-refractivity contribution in [2.24, 2.45) is 17.3 Å². The number of carbonyl (C=O) groups excluding carboxylic acids is 2. The number of amidine groups is 1. The van der Waals surface area contributed by atoms with Gasteiger partial charge in [-0.25, -0.2) is 9.18 Å². The number of nitrogens with zero attached hydrogens (tertiary/aromatic N) is 4. The summed E-state index contributed by atoms with van der Waals surface area (Å²) < 4.78 is 20.1. The molecule has 1 aromatic heterocycles. The highest BCUT2D eigenvalue weighted by molar-refractivity contribution is 8.18. The molecule has 128 valence electrons. The lowest BCUT2D eigenvalue weighted by Gasteiger charge is -1.98. The first-order valence-corrected chi connectivity index (χ1v) is 7.80. The lowest BCUT2D eigenvalue weighted by molar-refractivity contribution is -0.135. The van der Waals surface area contributed by atoms with E-state index < -0.39 is 17.7 Å². The molecule has 0 unspecified atom stereocenters. The monoisotopic (exact) mass is 361 g/mol. The standard InChI is InChI=1S/C15H12FN5O3S/c1-21-11-4-8(10(16)3-9(11)7-18-21)6-17-20-15-19-14(23)12(25-15)5-13(22)24-2/h3-7H,1-2H3,(H,19,20,23)/b12-5+,17-6?. The van der Waals surface area contributed by atoms with Gasteiger partial charge in [-0.05, 0) is 23.9 Å². The highest BCUT2D eigenvalue weighted by Gasteiger charge is 2.25. The number of aryl methyl sites for hydroxylation is 1. The third kappa shape index (κ3) is 3.58. The molecule has 8 nitrogen and oxygen atoms in total. The zero-order valence-corrected chi connectivity index (χ0v) is 14.0. The summed E-state index contributed by atoms with van der Waals surface area (Å²) in [6, 6.07) is 2.96. The number of hydrogen-bond acceptors (Lipinski definition) is 7. The Balaban J connectivity index is 1.79. The molecule has 0 radical (unpaired) electrons. The molecule has 25 heavy (non-hydrogen) atoms. The van der Waals surface area contributed by atoms with E-state index in [-0.39, 0.29) is 15.6 Å². The number of benzene rings is 1. The average molecular weight is 361 g/mol. The lowest BCUT2D eigenvalue weighted by atomic mass is 10.1. The summed E-state index contributed by atoms with van der Waals surface area (Å²) in [5, 5.41) is 15.0. The lowest BCUT2D eigenvalue weighted by Crippen LogP contribution is -2.19. The number of halogens is 1. The number of carbonyl (C=O) groups is 2. The summed E-state index contributed by atoms with van der Waals surface area (Å²) in [7, 11) is 2.96. The van der Waals surface area contributed by atoms with Gasteiger partial charge in [0.05, 0.1) is 29.9 Å². The van der Waals surface area contributed by atoms with Gasteiger partial charge in [0.15, 0.2) is 5.17 Å². The van der Waals surface area contributed by atoms with Gasteiger partial charge in [-0.2, -0.15) is 10.2 Å². The van der Waals surface area contributed by atoms with E-state index in [1.54, 1.807) is 24.0 Å². The van der Waals surface area contributed by atoms with Crippen LogP contribution in [0.4, 0.5) is 4.39 Å². The summed E-state index contributed by atoms with van der Waals surface area (Å²) in [5.74, 6) is -1.58. The van der Waals surface area contributed by atoms with Gasteiger partial charge in [0, 0.05) is 24.1 Å². The average Bonchev–Trinajstić information content (AvgIpc) is 3.11. The number of ether oxygens (including phenoxy) is 1. The molecule has 0 spiro atoms. The molecule has 0 bridgehead atoms. The van der Waals surface area contributed by atoms with E-state index in [1.807, 2.05) is 0 Å². The van der Waals surface area contributed by atoms with Crippen LogP contribution in [0, 0.1) is 5.82 Å². The number of esters is 1. The van der Waals surface area contributed by atoms with Crippen molar-refractivity contribution in [2.45, 2.75) is 0 Å². The van der Waals surface area contributed by atoms with Crippen molar-refractivity contribution in [1.29, 1.82) is 0 Å². The molecule has 10 heteroatoms. The van der Waals surface area contributed by atoms with Crippen LogP contribution in [0.25, 0.3) is 10.9 Å². The number of rotatable bonds is 3. The van der Waals surface area contributed by atoms with Gasteiger partial charge in [-0.1, -0.05) is 0 Å². The number of amides is 1. The maximum Gasteiger partial charge on any atom is 0.331 e. The number of hydrogen-bond donors (Lipinski definition) is 1. The molecule has 2 aromatic rings. The van der Waals surface area contributed by atoms with E-state index >= 15 is 0 Å². The first-order chi connectivity index (χ1) is 12.0. The minimum absolute atomic E-state index is 0.142. The molecular formula is C15H12FN5O3S. The molecule has 1 aromatic carbocycles. The second kappa shape index (κ2) is 6.85. The van der Waals surface area contributed by atoms with E-state index in [4.69, 9.17) is 0 Å². The van der Waals surface area contributed by atoms with Crippen LogP contribution >= 0.6 is 11.8 Å². The van der Waals surface area contributed by atoms with Crippen LogP contribution in [0.2, 0.25) is 0 Å². The van der Waals surface area contributed by atoms with Crippen LogP contribution in [0.1, 0.15) is 5.56 Å². The Kier molecular flexibility index (Phi) is 4.61. The second-order valence-corrected chi connectivity index (χ2v) is 5.97. The van der Waals surface area contributed by atoms with Crippen LogP contribution < -0.4 is 5.32 Å². The van der Waals surface area contributed by atoms with Crippen LogP contribution in [-0.4, -0.2) is 40.1 Å². The van der Waals surface area contributed by atoms with Gasteiger partial charge in [0.25, 0.3) is 5.91 Å². The molecule has 1 aliphatic heterocycles. The van der Waals surface area contributed by atoms with E-state index in [0.717, 1.165) is 23.4 Å². The molecule has 1 amide bonds. The van der Waals surface area contributed by atoms with Crippen LogP contribution in [0.3, 0.4) is 0 Å². The number of thioether (sulfide) groups is 1. The van der Waals surface area contributed by atoms with Crippen LogP contribution in [0.5, 0.6) is 0 Å². The maximum atomic E-state index is 14.0. The summed E-state index contributed by atoms with van der Waals surface area (Å²) in [6.45, 7) is 0. The van der Waals surface area contributed by atoms with Crippen molar-refractivity contribution in [3.8, 4) is 0 Å². The molecule has 2 heterocycles. The number of nitrogens with one attached hydrogen (secondary N) is 1. The Hall–Kier alpha value is -3.01. The number of methoxy groups -OCH3 is 1. The third-order valence-corrected chi connectivity index (χ3v) is 4.21. The highest BCUT2D eigenvalue weighted by atomic mass is 32.2. The fraction of sp³-hybridized carbons (Fsp3) is 0.133. The molecule has 0 atom stereocenters. The fourth-order valence-electron chi connectivity index (χ4n) is 2.07. The SMILES string of the molecule is COC(=O)/C=C1/S/C(=N\N=Cc2cc3c(cnn3C)cc2F)NC1=O. The predicted molar refractivity (Wildman–Crippen MR) is 91.5 cm³/mol. The Labute approximate surface area is 145 Å². The van der Waals surface area contributed by atoms with Crippen molar-refractivity contribution in [3.05, 3.63) is 40.7 Å². The van der Waals surface area contributed by atoms with Crippen LogP contribution in [0.15, 0.2) is 39.5 Å². The number of fused-ring (bicyclic) bond motifs is 1. The highest BCUT2D eigenvalue weighted by Crippen LogP contribution is 2.23. The van der Waals surface area contributed by atoms with E-state index in [2.05, 4.69) is 25.4 Å². The zero-order chi connectivity index (χ0) is 18.0. The minimum atomic E-state index is -0.644. The minimum Gasteiger partial charge on any atom is -0.466 e. The van der Waals surface area contributed by atoms with Crippen molar-refractivity contribution in [3.63, 3.8) is 0 Å². The maximum absolute atomic E-state index is 14.0. The van der Waals surface area contributed by atoms with Gasteiger partial charge < -0.3 is 4.74 Å². The second-order valence-electron chi connectivity index (χ2n) is 4.94. The first-order valence-electron chi connectivity index (χ1n) is 6.99. The quantitative estimate of drug-likeness (QED) is 0.385. The molecule has 1 saturated heterocycles. The number of aromatic nitrogens is 2. The van der Waals surface area contributed by atoms with E-state index in [1.165, 1.54) is 19.4 Å². The van der Waals surface area contributed by atoms with E-state index in [9.17, 15) is 14.0 Å². The van der Waals surface area contributed by atoms with Gasteiger partial charge in [0.2, 0.25) is 0 Å². The summed E-state index contributed by atoms with van der Waals surface area (Å²) in [6.07, 6.45) is 3.87. The Morgan fingerprint density at radius 2 is 2.28 bits per heavy atom. The molecule has 1 aliphatic rings. The normalized spacial score (nSPS) is 17.8. The van der Waals surface area contributed by atoms with Crippen molar-refractivity contribution in [1.82, 2.24) is 15.1 Å². The van der Waals surface area contributed by atoms with Crippen molar-refractivity contribution < 1.29 is 18.7 Å². The Morgan fingerprint density at radius 1 is 1.48 bits per heavy atom. The Morgan fingerprint density at radius 3 is 3.04 bits per heavy atom. The topological polar surface area (TPSA) is 97.9 Å². The molecular weight excluding hydrogens is 349 g/mol. The molecule has 0 aliphatic carbocycles. The van der Waals surface area contributed by atoms with Gasteiger partial charge >= 0.3 is 5.97 Å².